The summed E-state index contributed by atoms with van der Waals surface area (Å²) in [5, 5.41) is 36.5. The maximum atomic E-state index is 14.9. The maximum absolute atomic E-state index is 14.9. The summed E-state index contributed by atoms with van der Waals surface area (Å²) in [7, 11) is 9.57. The van der Waals surface area contributed by atoms with Crippen LogP contribution < -0.4 is 41.7 Å². The van der Waals surface area contributed by atoms with Crippen LogP contribution in [-0.2, 0) is 19.2 Å². The smallest absolute Gasteiger partial charge is 0.321 e. The first-order valence-electron chi connectivity index (χ1n) is 25.2. The number of aliphatic hydroxyl groups excluding tert-OH is 2. The topological polar surface area (TPSA) is 272 Å². The van der Waals surface area contributed by atoms with Gasteiger partial charge in [-0.05, 0) is 96.6 Å². The third kappa shape index (κ3) is 11.2. The highest BCUT2D eigenvalue weighted by Crippen LogP contribution is 2.58. The number of aromatic nitrogens is 2. The fraction of sp³-hybridized carbons (Fsp3) is 0.263. The van der Waals surface area contributed by atoms with Crippen LogP contribution in [0.5, 0.6) is 0 Å². The molecule has 78 heavy (non-hydrogen) atoms. The molecule has 21 heteroatoms. The maximum Gasteiger partial charge on any atom is 0.321 e. The van der Waals surface area contributed by atoms with Gasteiger partial charge < -0.3 is 51.9 Å². The number of carbonyl (C=O) groups excluding carboxylic acids is 6. The minimum absolute atomic E-state index is 0.274. The van der Waals surface area contributed by atoms with Gasteiger partial charge in [-0.1, -0.05) is 68.4 Å². The van der Waals surface area contributed by atoms with Gasteiger partial charge in [-0.25, -0.2) is 19.6 Å². The fourth-order valence-electron chi connectivity index (χ4n) is 9.62. The average Bonchev–Trinajstić information content (AvgIpc) is 4.42. The second-order valence-electron chi connectivity index (χ2n) is 19.6. The molecule has 4 unspecified atom stereocenters. The van der Waals surface area contributed by atoms with Gasteiger partial charge in [0.05, 0.1) is 67.1 Å². The molecule has 1 aliphatic carbocycles. The number of hydrogen-bond acceptors (Lipinski definition) is 14. The number of pyridine rings is 2. The van der Waals surface area contributed by atoms with Gasteiger partial charge in [0.15, 0.2) is 11.6 Å². The molecule has 1 saturated carbocycles. The lowest BCUT2D eigenvalue weighted by atomic mass is 9.68. The number of urea groups is 2. The average molecular weight is 1050 g/mol. The molecule has 0 saturated heterocycles. The molecule has 6 atom stereocenters. The monoisotopic (exact) mass is 1050 g/mol. The van der Waals surface area contributed by atoms with E-state index < -0.39 is 90.7 Å². The van der Waals surface area contributed by atoms with Gasteiger partial charge in [0.25, 0.3) is 11.8 Å². The second kappa shape index (κ2) is 22.6. The van der Waals surface area contributed by atoms with Crippen LogP contribution in [-0.4, -0.2) is 128 Å². The molecule has 396 valence electrons. The van der Waals surface area contributed by atoms with Crippen molar-refractivity contribution >= 4 is 88.8 Å². The summed E-state index contributed by atoms with van der Waals surface area (Å²) in [6, 6.07) is 34.9. The van der Waals surface area contributed by atoms with Crippen molar-refractivity contribution in [2.24, 2.45) is 21.3 Å². The third-order valence-electron chi connectivity index (χ3n) is 14.2. The van der Waals surface area contributed by atoms with Crippen LogP contribution in [0.2, 0.25) is 5.31 Å². The minimum atomic E-state index is -1.67. The summed E-state index contributed by atoms with van der Waals surface area (Å²) < 4.78 is 0. The summed E-state index contributed by atoms with van der Waals surface area (Å²) in [5.74, 6) is -3.24. The van der Waals surface area contributed by atoms with Gasteiger partial charge in [0.1, 0.15) is 0 Å². The Morgan fingerprint density at radius 3 is 1.60 bits per heavy atom. The number of carbonyl (C=O) groups is 6. The van der Waals surface area contributed by atoms with Crippen LogP contribution in [0, 0.1) is 11.3 Å². The molecule has 4 aromatic carbocycles. The number of hydrogen-bond donors (Lipinski definition) is 8. The third-order valence-corrected chi connectivity index (χ3v) is 14.2. The van der Waals surface area contributed by atoms with Crippen molar-refractivity contribution in [3.05, 3.63) is 168 Å². The Balaban J connectivity index is 0.959. The Kier molecular flexibility index (Phi) is 15.6. The predicted molar refractivity (Wildman–Crippen MR) is 298 cm³/mol. The lowest BCUT2D eigenvalue weighted by molar-refractivity contribution is -0.132. The van der Waals surface area contributed by atoms with Gasteiger partial charge in [-0.3, -0.25) is 29.1 Å². The van der Waals surface area contributed by atoms with Gasteiger partial charge in [0.2, 0.25) is 12.3 Å². The Bertz CT molecular complexity index is 3360. The molecule has 20 nitrogen and oxygen atoms in total. The van der Waals surface area contributed by atoms with Crippen molar-refractivity contribution in [3.63, 3.8) is 0 Å². The lowest BCUT2D eigenvalue weighted by Crippen LogP contribution is -2.52. The quantitative estimate of drug-likeness (QED) is 0.0496. The van der Waals surface area contributed by atoms with E-state index in [1.807, 2.05) is 12.1 Å². The standard InChI is InChI=1S/C57H57BN12O8/c1-56(31-71,46(73)29-69-44-20-7-5-16-38(44)48(42-18-9-11-22-61-42)65-50(52(69)75)67-54(77)63-35-15-13-14-34(26-35)59-3)41-28-40(41)33-24-36(60-4)27-37(25-33)64-55(78)68-51-53(76)70(30-47(74)57(2,58)32-72)45-21-8-6-17-39(45)49(66-51)43-19-10-12-23-62-43/h5-27,40-41,50-51,59-60,71-72H,28-32H2,1-4H3,(H2,63,67,77)(H2,64,68,78)/t40?,41?,50-,51-,56?,57?/m0/s1. The van der Waals surface area contributed by atoms with E-state index in [-0.39, 0.29) is 11.6 Å². The van der Waals surface area contributed by atoms with E-state index in [0.29, 0.717) is 63.1 Å². The normalized spacial score (nSPS) is 19.2. The number of anilines is 6. The number of aliphatic hydroxyl groups is 2. The molecule has 0 bridgehead atoms. The molecule has 9 rings (SSSR count). The van der Waals surface area contributed by atoms with E-state index in [2.05, 4.69) is 41.9 Å². The molecule has 3 aliphatic rings. The molecular weight excluding hydrogens is 992 g/mol. The number of ketones is 2. The van der Waals surface area contributed by atoms with E-state index in [4.69, 9.17) is 17.8 Å². The first-order valence-corrected chi connectivity index (χ1v) is 25.2. The Morgan fingerprint density at radius 2 is 1.09 bits per heavy atom. The molecule has 2 radical (unpaired) electrons. The molecule has 1 fully saturated rings. The lowest BCUT2D eigenvalue weighted by Gasteiger charge is -2.31. The summed E-state index contributed by atoms with van der Waals surface area (Å²) in [6.07, 6.45) is 0.537. The number of Topliss-reactive ketones (excluding diaryl/α,β-unsaturated/α-hetero) is 2. The second-order valence-corrected chi connectivity index (χ2v) is 19.6. The largest absolute Gasteiger partial charge is 0.396 e. The highest BCUT2D eigenvalue weighted by molar-refractivity contribution is 6.30. The summed E-state index contributed by atoms with van der Waals surface area (Å²) in [5.41, 5.74) is 4.50. The van der Waals surface area contributed by atoms with Crippen LogP contribution in [0.1, 0.15) is 54.3 Å². The molecule has 6 aromatic rings. The molecule has 6 amide bonds. The minimum Gasteiger partial charge on any atom is -0.396 e. The van der Waals surface area contributed by atoms with Gasteiger partial charge >= 0.3 is 12.1 Å². The number of nitrogens with zero attached hydrogens (tertiary/aromatic N) is 6. The van der Waals surface area contributed by atoms with E-state index in [1.165, 1.54) is 16.7 Å². The number of aliphatic imine (C=N–C) groups is 2. The summed E-state index contributed by atoms with van der Waals surface area (Å²) in [6.45, 7) is 0.774. The van der Waals surface area contributed by atoms with Crippen molar-refractivity contribution in [2.45, 2.75) is 43.8 Å². The van der Waals surface area contributed by atoms with Crippen molar-refractivity contribution < 1.29 is 39.0 Å². The summed E-state index contributed by atoms with van der Waals surface area (Å²) >= 11 is 0. The van der Waals surface area contributed by atoms with Crippen LogP contribution >= 0.6 is 0 Å². The van der Waals surface area contributed by atoms with Crippen molar-refractivity contribution in [2.75, 3.05) is 71.5 Å². The number of rotatable bonds is 18. The molecule has 4 heterocycles. The molecule has 2 aromatic heterocycles. The first-order chi connectivity index (χ1) is 37.5. The molecular formula is C57H57BN12O8. The highest BCUT2D eigenvalue weighted by atomic mass is 16.3. The first kappa shape index (κ1) is 53.7. The van der Waals surface area contributed by atoms with Gasteiger partial charge in [-0.15, -0.1) is 0 Å². The fourth-order valence-corrected chi connectivity index (χ4v) is 9.62. The summed E-state index contributed by atoms with van der Waals surface area (Å²) in [4.78, 5) is 106. The van der Waals surface area contributed by atoms with Gasteiger partial charge in [0, 0.05) is 72.3 Å². The Hall–Kier alpha value is -9.08. The van der Waals surface area contributed by atoms with E-state index in [0.717, 1.165) is 11.3 Å². The van der Waals surface area contributed by atoms with Crippen molar-refractivity contribution in [3.8, 4) is 0 Å². The number of nitrogens with one attached hydrogen (secondary N) is 6. The molecule has 0 spiro atoms. The zero-order valence-electron chi connectivity index (χ0n) is 43.2. The number of benzene rings is 4. The van der Waals surface area contributed by atoms with E-state index >= 15 is 0 Å². The van der Waals surface area contributed by atoms with Crippen molar-refractivity contribution in [1.82, 2.24) is 20.6 Å². The molecule has 2 aliphatic heterocycles. The van der Waals surface area contributed by atoms with Crippen LogP contribution in [0.25, 0.3) is 0 Å². The number of amides is 6. The Labute approximate surface area is 451 Å². The predicted octanol–water partition coefficient (Wildman–Crippen LogP) is 5.50. The zero-order valence-corrected chi connectivity index (χ0v) is 43.2. The number of para-hydroxylation sites is 2. The van der Waals surface area contributed by atoms with Crippen LogP contribution in [0.15, 0.2) is 150 Å². The Morgan fingerprint density at radius 1 is 0.603 bits per heavy atom. The van der Waals surface area contributed by atoms with Crippen LogP contribution in [0.3, 0.4) is 0 Å². The zero-order chi connectivity index (χ0) is 55.3. The SMILES string of the molecule is [B]C(C)(CO)C(=O)CN1C(=O)[C@H](NC(=O)Nc2cc(NC)cc(C3CC3C(C)(CO)C(=O)CN3C(=O)[C@H](NC(=O)Nc4cccc(NC)c4)N=C(c4ccccn4)c4ccccc43)c2)N=C(c2ccccn2)c2ccccc21. The van der Waals surface area contributed by atoms with Crippen LogP contribution in [0.4, 0.5) is 43.7 Å². The number of fused-ring (bicyclic) bond motifs is 2. The highest BCUT2D eigenvalue weighted by Gasteiger charge is 2.55. The molecule has 8 N–H and O–H groups in total. The van der Waals surface area contributed by atoms with Gasteiger partial charge in [-0.2, -0.15) is 0 Å². The van der Waals surface area contributed by atoms with E-state index in [9.17, 15) is 39.0 Å². The number of benzodiazepines with no additional fused rings is 2. The van der Waals surface area contributed by atoms with E-state index in [1.54, 1.807) is 149 Å². The van der Waals surface area contributed by atoms with Crippen molar-refractivity contribution in [1.29, 1.82) is 0 Å².